The fourth-order valence-electron chi connectivity index (χ4n) is 6.15. The van der Waals surface area contributed by atoms with Crippen LogP contribution < -0.4 is 10.1 Å². The van der Waals surface area contributed by atoms with E-state index in [0.717, 1.165) is 23.3 Å². The number of nitrogens with zero attached hydrogens (tertiary/aromatic N) is 5. The molecular formula is C36H37Cl2F3N6O3. The molecule has 1 saturated heterocycles. The number of aliphatic imine (C=N–C) groups is 1. The molecule has 2 atom stereocenters. The van der Waals surface area contributed by atoms with Gasteiger partial charge in [0, 0.05) is 42.8 Å². The van der Waals surface area contributed by atoms with E-state index in [-0.39, 0.29) is 54.7 Å². The number of halogens is 5. The Morgan fingerprint density at radius 2 is 1.64 bits per heavy atom. The van der Waals surface area contributed by atoms with Crippen molar-refractivity contribution < 1.29 is 27.5 Å². The number of carbonyl (C=O) groups excluding carboxylic acids is 2. The molecule has 5 rings (SSSR count). The zero-order valence-corrected chi connectivity index (χ0v) is 29.1. The van der Waals surface area contributed by atoms with Crippen LogP contribution in [0.2, 0.25) is 10.0 Å². The number of benzene rings is 3. The van der Waals surface area contributed by atoms with Crippen LogP contribution in [0.25, 0.3) is 0 Å². The third-order valence-corrected chi connectivity index (χ3v) is 9.34. The van der Waals surface area contributed by atoms with Crippen LogP contribution in [0.15, 0.2) is 71.7 Å². The molecular weight excluding hydrogens is 692 g/mol. The van der Waals surface area contributed by atoms with E-state index in [1.165, 1.54) is 11.0 Å². The van der Waals surface area contributed by atoms with E-state index >= 15 is 0 Å². The van der Waals surface area contributed by atoms with Crippen LogP contribution in [0.1, 0.15) is 60.5 Å². The predicted molar refractivity (Wildman–Crippen MR) is 185 cm³/mol. The number of piperidine rings is 1. The number of nitrogens with one attached hydrogen (secondary N) is 1. The molecule has 14 heteroatoms. The lowest BCUT2D eigenvalue weighted by Gasteiger charge is -2.38. The van der Waals surface area contributed by atoms with Gasteiger partial charge in [0.25, 0.3) is 0 Å². The zero-order valence-electron chi connectivity index (χ0n) is 27.6. The summed E-state index contributed by atoms with van der Waals surface area (Å²) in [5.74, 6) is 0.00786. The maximum Gasteiger partial charge on any atom is 0.416 e. The summed E-state index contributed by atoms with van der Waals surface area (Å²) >= 11 is 12.5. The normalized spacial score (nSPS) is 18.1. The lowest BCUT2D eigenvalue weighted by atomic mass is 9.93. The number of likely N-dealkylation sites (N-methyl/N-ethyl adjacent to an activating group) is 1. The summed E-state index contributed by atoms with van der Waals surface area (Å²) in [6, 6.07) is 17.7. The molecule has 0 radical (unpaired) electrons. The molecule has 264 valence electrons. The molecule has 2 heterocycles. The highest BCUT2D eigenvalue weighted by molar-refractivity contribution is 6.30. The highest BCUT2D eigenvalue weighted by Crippen LogP contribution is 2.46. The first-order valence-electron chi connectivity index (χ1n) is 16.3. The lowest BCUT2D eigenvalue weighted by molar-refractivity contribution is -0.137. The molecule has 0 bridgehead atoms. The second-order valence-electron chi connectivity index (χ2n) is 12.1. The van der Waals surface area contributed by atoms with E-state index in [1.54, 1.807) is 48.0 Å². The molecule has 1 N–H and O–H groups in total. The van der Waals surface area contributed by atoms with Gasteiger partial charge in [0.1, 0.15) is 17.6 Å². The van der Waals surface area contributed by atoms with Crippen LogP contribution in [0, 0.1) is 11.3 Å². The Morgan fingerprint density at radius 1 is 1.02 bits per heavy atom. The van der Waals surface area contributed by atoms with Gasteiger partial charge in [-0.05, 0) is 73.4 Å². The lowest BCUT2D eigenvalue weighted by Crippen LogP contribution is -2.52. The Kier molecular flexibility index (Phi) is 11.9. The molecule has 0 aromatic heterocycles. The number of amidine groups is 1. The number of ether oxygens (including phenoxy) is 1. The molecule has 3 aromatic carbocycles. The third kappa shape index (κ3) is 8.52. The second kappa shape index (κ2) is 16.1. The fourth-order valence-corrected chi connectivity index (χ4v) is 6.40. The first-order chi connectivity index (χ1) is 23.9. The van der Waals surface area contributed by atoms with Crippen LogP contribution in [0.4, 0.5) is 18.0 Å². The maximum atomic E-state index is 14.7. The van der Waals surface area contributed by atoms with Gasteiger partial charge in [-0.15, -0.1) is 0 Å². The summed E-state index contributed by atoms with van der Waals surface area (Å²) in [7, 11) is 1.65. The second-order valence-corrected chi connectivity index (χ2v) is 13.0. The summed E-state index contributed by atoms with van der Waals surface area (Å²) in [5, 5.41) is 13.1. The minimum atomic E-state index is -4.61. The first kappa shape index (κ1) is 37.0. The van der Waals surface area contributed by atoms with Gasteiger partial charge in [-0.25, -0.2) is 4.79 Å². The molecule has 0 spiro atoms. The minimum Gasteiger partial charge on any atom is -0.493 e. The summed E-state index contributed by atoms with van der Waals surface area (Å²) in [6.07, 6.45) is -3.22. The van der Waals surface area contributed by atoms with Crippen molar-refractivity contribution in [3.05, 3.63) is 99.0 Å². The van der Waals surface area contributed by atoms with Crippen molar-refractivity contribution in [1.29, 1.82) is 5.26 Å². The van der Waals surface area contributed by atoms with Gasteiger partial charge < -0.3 is 19.9 Å². The molecule has 2 aliphatic rings. The van der Waals surface area contributed by atoms with Gasteiger partial charge in [0.2, 0.25) is 5.91 Å². The van der Waals surface area contributed by atoms with Crippen molar-refractivity contribution in [2.24, 2.45) is 4.99 Å². The molecule has 1 fully saturated rings. The Hall–Kier alpha value is -4.31. The van der Waals surface area contributed by atoms with E-state index in [0.29, 0.717) is 42.5 Å². The van der Waals surface area contributed by atoms with E-state index in [2.05, 4.69) is 5.32 Å². The fraction of sp³-hybridized carbons (Fsp3) is 0.389. The van der Waals surface area contributed by atoms with E-state index < -0.39 is 23.8 Å². The molecule has 3 amide bonds. The summed E-state index contributed by atoms with van der Waals surface area (Å²) < 4.78 is 47.1. The van der Waals surface area contributed by atoms with Crippen molar-refractivity contribution in [2.75, 3.05) is 39.8 Å². The van der Waals surface area contributed by atoms with E-state index in [1.807, 2.05) is 30.3 Å². The molecule has 3 aromatic rings. The average molecular weight is 730 g/mol. The number of amides is 3. The van der Waals surface area contributed by atoms with Crippen LogP contribution in [-0.2, 0) is 11.0 Å². The van der Waals surface area contributed by atoms with Crippen molar-refractivity contribution in [3.63, 3.8) is 0 Å². The van der Waals surface area contributed by atoms with Crippen LogP contribution >= 0.6 is 23.2 Å². The topological polar surface area (TPSA) is 101 Å². The van der Waals surface area contributed by atoms with Crippen molar-refractivity contribution in [2.45, 2.75) is 50.5 Å². The van der Waals surface area contributed by atoms with Crippen LogP contribution in [0.5, 0.6) is 5.75 Å². The molecule has 0 saturated carbocycles. The number of rotatable bonds is 10. The van der Waals surface area contributed by atoms with Crippen LogP contribution in [-0.4, -0.2) is 78.3 Å². The summed E-state index contributed by atoms with van der Waals surface area (Å²) in [5.41, 5.74) is 0.842. The number of alkyl halides is 3. The number of nitriles is 1. The SMILES string of the molecule is CCOc1cc(C(F)(F)F)ccc1C1=NC(c2ccc(Cl)cc2)C(c2ccc(Cl)cc2)N1C(=O)N1CCC(NCC(=O)N(C)CCC#N)CC1. The number of hydrogen-bond donors (Lipinski definition) is 1. The Morgan fingerprint density at radius 3 is 2.22 bits per heavy atom. The number of hydrogen-bond acceptors (Lipinski definition) is 6. The van der Waals surface area contributed by atoms with Gasteiger partial charge in [-0.2, -0.15) is 18.4 Å². The van der Waals surface area contributed by atoms with Gasteiger partial charge in [-0.1, -0.05) is 47.5 Å². The molecule has 0 aliphatic carbocycles. The summed E-state index contributed by atoms with van der Waals surface area (Å²) in [4.78, 5) is 37.0. The van der Waals surface area contributed by atoms with Gasteiger partial charge >= 0.3 is 12.2 Å². The first-order valence-corrected chi connectivity index (χ1v) is 17.0. The van der Waals surface area contributed by atoms with Gasteiger partial charge in [-0.3, -0.25) is 14.7 Å². The predicted octanol–water partition coefficient (Wildman–Crippen LogP) is 7.50. The smallest absolute Gasteiger partial charge is 0.416 e. The highest BCUT2D eigenvalue weighted by Gasteiger charge is 2.45. The van der Waals surface area contributed by atoms with Crippen molar-refractivity contribution >= 4 is 41.0 Å². The summed E-state index contributed by atoms with van der Waals surface area (Å²) in [6.45, 7) is 2.95. The van der Waals surface area contributed by atoms with Crippen LogP contribution in [0.3, 0.4) is 0 Å². The Labute approximate surface area is 299 Å². The Balaban J connectivity index is 1.50. The largest absolute Gasteiger partial charge is 0.493 e. The standard InChI is InChI=1S/C36H37Cl2F3N6O3/c1-3-50-30-21-25(36(39,40)41)9-14-29(30)34-44-32(23-5-10-26(37)11-6-23)33(24-7-12-27(38)13-8-24)47(34)35(49)46-19-15-28(16-20-46)43-22-31(48)45(2)18-4-17-42/h5-14,21,28,32-33,43H,3-4,15-16,18-20,22H2,1-2H3. The molecule has 2 aliphatic heterocycles. The average Bonchev–Trinajstić information content (AvgIpc) is 3.50. The van der Waals surface area contributed by atoms with Gasteiger partial charge in [0.15, 0.2) is 0 Å². The number of carbonyl (C=O) groups is 2. The van der Waals surface area contributed by atoms with Gasteiger partial charge in [0.05, 0.1) is 42.8 Å². The highest BCUT2D eigenvalue weighted by atomic mass is 35.5. The quantitative estimate of drug-likeness (QED) is 0.233. The van der Waals surface area contributed by atoms with E-state index in [4.69, 9.17) is 38.2 Å². The third-order valence-electron chi connectivity index (χ3n) is 8.84. The molecule has 50 heavy (non-hydrogen) atoms. The monoisotopic (exact) mass is 728 g/mol. The number of urea groups is 1. The van der Waals surface area contributed by atoms with Crippen molar-refractivity contribution in [1.82, 2.24) is 20.0 Å². The molecule has 9 nitrogen and oxygen atoms in total. The Bertz CT molecular complexity index is 1740. The van der Waals surface area contributed by atoms with Crippen molar-refractivity contribution in [3.8, 4) is 11.8 Å². The number of likely N-dealkylation sites (tertiary alicyclic amines) is 1. The van der Waals surface area contributed by atoms with E-state index in [9.17, 15) is 22.8 Å². The molecule has 2 unspecified atom stereocenters. The minimum absolute atomic E-state index is 0.0209. The maximum absolute atomic E-state index is 14.7. The zero-order chi connectivity index (χ0) is 36.0.